The molecule has 0 spiro atoms. The van der Waals surface area contributed by atoms with E-state index in [9.17, 15) is 9.59 Å². The minimum Gasteiger partial charge on any atom is -0.372 e. The molecule has 0 heterocycles. The van der Waals surface area contributed by atoms with Gasteiger partial charge in [0.2, 0.25) is 11.8 Å². The van der Waals surface area contributed by atoms with Crippen molar-refractivity contribution in [3.63, 3.8) is 0 Å². The predicted octanol–water partition coefficient (Wildman–Crippen LogP) is 3.39. The molecule has 0 aliphatic heterocycles. The summed E-state index contributed by atoms with van der Waals surface area (Å²) in [5.41, 5.74) is 1.43. The Morgan fingerprint density at radius 1 is 1.11 bits per heavy atom. The topological polar surface area (TPSA) is 70.2 Å². The number of hydrogen-bond donors (Lipinski definition) is 3. The lowest BCUT2D eigenvalue weighted by atomic mass is 9.51. The summed E-state index contributed by atoms with van der Waals surface area (Å²) in [6, 6.07) is 8.35. The normalized spacial score (nSPS) is 33.4. The van der Waals surface area contributed by atoms with Crippen LogP contribution in [0.5, 0.6) is 0 Å². The summed E-state index contributed by atoms with van der Waals surface area (Å²) in [6.07, 6.45) is 5.45. The molecule has 4 bridgehead atoms. The third-order valence-electron chi connectivity index (χ3n) is 7.05. The van der Waals surface area contributed by atoms with Gasteiger partial charge in [0, 0.05) is 24.2 Å². The molecule has 0 aromatic heterocycles. The molecule has 28 heavy (non-hydrogen) atoms. The third kappa shape index (κ3) is 3.63. The van der Waals surface area contributed by atoms with Crippen molar-refractivity contribution in [2.24, 2.45) is 17.8 Å². The van der Waals surface area contributed by atoms with E-state index < -0.39 is 5.54 Å². The Morgan fingerprint density at radius 3 is 2.39 bits per heavy atom. The molecular formula is C23H33N3O2. The second-order valence-electron chi connectivity index (χ2n) is 10.1. The molecular weight excluding hydrogens is 350 g/mol. The highest BCUT2D eigenvalue weighted by Gasteiger charge is 2.56. The van der Waals surface area contributed by atoms with E-state index in [1.807, 2.05) is 26.0 Å². The number of aryl methyl sites for hydroxylation is 1. The number of hydrogen-bond acceptors (Lipinski definition) is 3. The molecule has 1 aromatic carbocycles. The van der Waals surface area contributed by atoms with Gasteiger partial charge in [-0.1, -0.05) is 12.1 Å². The van der Waals surface area contributed by atoms with E-state index in [0.717, 1.165) is 24.9 Å². The molecule has 4 saturated carbocycles. The van der Waals surface area contributed by atoms with Crippen LogP contribution in [0, 0.1) is 24.7 Å². The molecule has 152 valence electrons. The number of carbonyl (C=O) groups is 2. The zero-order valence-corrected chi connectivity index (χ0v) is 17.5. The highest BCUT2D eigenvalue weighted by molar-refractivity contribution is 5.88. The Morgan fingerprint density at radius 2 is 1.79 bits per heavy atom. The van der Waals surface area contributed by atoms with Gasteiger partial charge in [-0.3, -0.25) is 9.59 Å². The maximum absolute atomic E-state index is 13.2. The largest absolute Gasteiger partial charge is 0.372 e. The average molecular weight is 384 g/mol. The van der Waals surface area contributed by atoms with Crippen LogP contribution >= 0.6 is 0 Å². The second kappa shape index (κ2) is 6.78. The van der Waals surface area contributed by atoms with Crippen molar-refractivity contribution in [3.05, 3.63) is 29.8 Å². The van der Waals surface area contributed by atoms with Crippen LogP contribution in [0.3, 0.4) is 0 Å². The van der Waals surface area contributed by atoms with Gasteiger partial charge in [0.1, 0.15) is 5.54 Å². The molecule has 1 unspecified atom stereocenters. The molecule has 5 atom stereocenters. The molecule has 1 aromatic rings. The van der Waals surface area contributed by atoms with Crippen LogP contribution in [0.4, 0.5) is 5.69 Å². The molecule has 0 radical (unpaired) electrons. The minimum absolute atomic E-state index is 0.0289. The number of amides is 2. The number of rotatable bonds is 5. The summed E-state index contributed by atoms with van der Waals surface area (Å²) in [7, 11) is 0. The quantitative estimate of drug-likeness (QED) is 0.730. The molecule has 0 saturated heterocycles. The van der Waals surface area contributed by atoms with Crippen molar-refractivity contribution in [1.29, 1.82) is 0 Å². The van der Waals surface area contributed by atoms with Crippen molar-refractivity contribution in [1.82, 2.24) is 10.6 Å². The van der Waals surface area contributed by atoms with E-state index in [1.54, 1.807) is 6.92 Å². The molecule has 5 nitrogen and oxygen atoms in total. The predicted molar refractivity (Wildman–Crippen MR) is 111 cm³/mol. The molecule has 4 aliphatic carbocycles. The smallest absolute Gasteiger partial charge is 0.245 e. The van der Waals surface area contributed by atoms with Gasteiger partial charge in [0.15, 0.2) is 0 Å². The number of nitrogens with one attached hydrogen (secondary N) is 3. The van der Waals surface area contributed by atoms with E-state index in [0.29, 0.717) is 17.8 Å². The fourth-order valence-electron chi connectivity index (χ4n) is 6.26. The lowest BCUT2D eigenvalue weighted by Gasteiger charge is -2.60. The lowest BCUT2D eigenvalue weighted by Crippen LogP contribution is -2.67. The first-order chi connectivity index (χ1) is 13.2. The van der Waals surface area contributed by atoms with Crippen molar-refractivity contribution >= 4 is 17.5 Å². The third-order valence-corrected chi connectivity index (χ3v) is 7.05. The lowest BCUT2D eigenvalue weighted by molar-refractivity contribution is -0.132. The zero-order chi connectivity index (χ0) is 20.1. The van der Waals surface area contributed by atoms with Crippen LogP contribution in [0.15, 0.2) is 24.3 Å². The van der Waals surface area contributed by atoms with Crippen molar-refractivity contribution in [2.75, 3.05) is 5.32 Å². The fourth-order valence-corrected chi connectivity index (χ4v) is 6.26. The Labute approximate surface area is 168 Å². The molecule has 5 rings (SSSR count). The van der Waals surface area contributed by atoms with E-state index in [-0.39, 0.29) is 23.4 Å². The Bertz CT molecular complexity index is 772. The van der Waals surface area contributed by atoms with Crippen LogP contribution in [0.25, 0.3) is 0 Å². The number of benzene rings is 1. The summed E-state index contributed by atoms with van der Waals surface area (Å²) in [6.45, 7) is 7.56. The van der Waals surface area contributed by atoms with Crippen molar-refractivity contribution in [3.8, 4) is 0 Å². The van der Waals surface area contributed by atoms with Gasteiger partial charge in [0.05, 0.1) is 0 Å². The monoisotopic (exact) mass is 383 g/mol. The maximum atomic E-state index is 13.2. The van der Waals surface area contributed by atoms with Crippen molar-refractivity contribution in [2.45, 2.75) is 76.9 Å². The average Bonchev–Trinajstić information content (AvgIpc) is 2.55. The first-order valence-corrected chi connectivity index (χ1v) is 10.6. The van der Waals surface area contributed by atoms with Gasteiger partial charge in [-0.15, -0.1) is 0 Å². The number of anilines is 1. The summed E-state index contributed by atoms with van der Waals surface area (Å²) in [4.78, 5) is 24.9. The van der Waals surface area contributed by atoms with Crippen LogP contribution in [0.1, 0.15) is 58.4 Å². The molecule has 2 amide bonds. The second-order valence-corrected chi connectivity index (χ2v) is 10.1. The van der Waals surface area contributed by atoms with Crippen LogP contribution in [0.2, 0.25) is 0 Å². The molecule has 4 aliphatic rings. The standard InChI is InChI=1S/C23H33N3O2/c1-14-6-5-7-19(8-14)26-22(3,4)21(28)24-20-17-9-16-10-18(20)13-23(11-16,12-17)25-15(2)27/h5-8,16-18,20,26H,9-13H2,1-4H3,(H,24,28)(H,25,27)/t16?,17-,18+,20+,23+. The molecule has 3 N–H and O–H groups in total. The van der Waals surface area contributed by atoms with E-state index in [1.165, 1.54) is 18.4 Å². The van der Waals surface area contributed by atoms with E-state index in [2.05, 4.69) is 35.0 Å². The van der Waals surface area contributed by atoms with Crippen LogP contribution in [-0.2, 0) is 9.59 Å². The van der Waals surface area contributed by atoms with E-state index in [4.69, 9.17) is 0 Å². The van der Waals surface area contributed by atoms with Gasteiger partial charge in [0.25, 0.3) is 0 Å². The molecule has 4 fully saturated rings. The SMILES string of the molecule is CC(=O)N[C@@]12CC3C[C@H](C1)[C@H](NC(=O)C(C)(C)Nc1cccc(C)c1)[C@@H](C3)C2. The van der Waals surface area contributed by atoms with Gasteiger partial charge in [-0.2, -0.15) is 0 Å². The summed E-state index contributed by atoms with van der Waals surface area (Å²) in [5.74, 6) is 1.76. The summed E-state index contributed by atoms with van der Waals surface area (Å²) >= 11 is 0. The highest BCUT2D eigenvalue weighted by atomic mass is 16.2. The van der Waals surface area contributed by atoms with Gasteiger partial charge in [-0.25, -0.2) is 0 Å². The van der Waals surface area contributed by atoms with Crippen molar-refractivity contribution < 1.29 is 9.59 Å². The van der Waals surface area contributed by atoms with Gasteiger partial charge < -0.3 is 16.0 Å². The maximum Gasteiger partial charge on any atom is 0.245 e. The molecule has 5 heteroatoms. The van der Waals surface area contributed by atoms with Crippen LogP contribution in [-0.4, -0.2) is 28.9 Å². The van der Waals surface area contributed by atoms with Crippen LogP contribution < -0.4 is 16.0 Å². The summed E-state index contributed by atoms with van der Waals surface area (Å²) < 4.78 is 0. The summed E-state index contributed by atoms with van der Waals surface area (Å²) in [5, 5.41) is 10.1. The van der Waals surface area contributed by atoms with Gasteiger partial charge in [-0.05, 0) is 88.3 Å². The fraction of sp³-hybridized carbons (Fsp3) is 0.652. The highest BCUT2D eigenvalue weighted by Crippen LogP contribution is 2.55. The minimum atomic E-state index is -0.683. The number of carbonyl (C=O) groups excluding carboxylic acids is 2. The zero-order valence-electron chi connectivity index (χ0n) is 17.5. The Hall–Kier alpha value is -2.04. The van der Waals surface area contributed by atoms with Gasteiger partial charge >= 0.3 is 0 Å². The first kappa shape index (κ1) is 19.3. The Balaban J connectivity index is 1.44. The Kier molecular flexibility index (Phi) is 4.67. The first-order valence-electron chi connectivity index (χ1n) is 10.6. The van der Waals surface area contributed by atoms with E-state index >= 15 is 0 Å².